The molecule has 0 heterocycles. The first-order valence-corrected chi connectivity index (χ1v) is 9.99. The summed E-state index contributed by atoms with van der Waals surface area (Å²) < 4.78 is 23.5. The molecule has 0 unspecified atom stereocenters. The fourth-order valence-electron chi connectivity index (χ4n) is 2.56. The normalized spacial score (nSPS) is 19.5. The summed E-state index contributed by atoms with van der Waals surface area (Å²) >= 11 is 0. The predicted octanol–water partition coefficient (Wildman–Crippen LogP) is 1.07. The highest BCUT2D eigenvalue weighted by atomic mass is 32.2. The summed E-state index contributed by atoms with van der Waals surface area (Å²) in [5.41, 5.74) is 0.0966. The van der Waals surface area contributed by atoms with E-state index in [1.54, 1.807) is 11.9 Å². The number of likely N-dealkylation sites (N-methyl/N-ethyl adjacent to an activating group) is 1. The van der Waals surface area contributed by atoms with Gasteiger partial charge < -0.3 is 10.2 Å². The zero-order valence-corrected chi connectivity index (χ0v) is 15.7. The van der Waals surface area contributed by atoms with Gasteiger partial charge in [-0.2, -0.15) is 0 Å². The van der Waals surface area contributed by atoms with Gasteiger partial charge in [0.2, 0.25) is 11.8 Å². The van der Waals surface area contributed by atoms with Crippen molar-refractivity contribution in [2.24, 2.45) is 17.3 Å². The Balaban J connectivity index is 2.23. The van der Waals surface area contributed by atoms with Crippen LogP contribution in [0.1, 0.15) is 40.5 Å². The van der Waals surface area contributed by atoms with Gasteiger partial charge in [0.25, 0.3) is 0 Å². The second-order valence-corrected chi connectivity index (χ2v) is 9.84. The van der Waals surface area contributed by atoms with Crippen LogP contribution >= 0.6 is 0 Å². The summed E-state index contributed by atoms with van der Waals surface area (Å²) in [6.45, 7) is 8.61. The Morgan fingerprint density at radius 2 is 1.87 bits per heavy atom. The first-order valence-electron chi connectivity index (χ1n) is 8.17. The van der Waals surface area contributed by atoms with E-state index in [-0.39, 0.29) is 47.0 Å². The largest absolute Gasteiger partial charge is 0.354 e. The molecule has 0 aromatic rings. The molecule has 0 aliphatic heterocycles. The molecule has 134 valence electrons. The number of hydrogen-bond donors (Lipinski definition) is 1. The van der Waals surface area contributed by atoms with Crippen LogP contribution < -0.4 is 5.32 Å². The molecule has 0 aromatic carbocycles. The second kappa shape index (κ2) is 7.64. The smallest absolute Gasteiger partial charge is 0.226 e. The Morgan fingerprint density at radius 3 is 2.35 bits per heavy atom. The minimum atomic E-state index is -3.17. The Hall–Kier alpha value is -1.11. The molecule has 1 rings (SSSR count). The number of nitrogens with one attached hydrogen (secondary N) is 1. The fraction of sp³-hybridized carbons (Fsp3) is 0.875. The maximum atomic E-state index is 12.1. The number of hydrogen-bond acceptors (Lipinski definition) is 4. The van der Waals surface area contributed by atoms with Gasteiger partial charge in [0.1, 0.15) is 0 Å². The van der Waals surface area contributed by atoms with Crippen molar-refractivity contribution in [3.63, 3.8) is 0 Å². The highest BCUT2D eigenvalue weighted by Crippen LogP contribution is 2.52. The van der Waals surface area contributed by atoms with Gasteiger partial charge in [0.15, 0.2) is 9.84 Å². The zero-order chi connectivity index (χ0) is 17.8. The van der Waals surface area contributed by atoms with Crippen LogP contribution in [-0.4, -0.2) is 56.8 Å². The summed E-state index contributed by atoms with van der Waals surface area (Å²) in [6, 6.07) is 0. The number of nitrogens with zero attached hydrogens (tertiary/aromatic N) is 1. The van der Waals surface area contributed by atoms with Crippen LogP contribution in [0.15, 0.2) is 0 Å². The standard InChI is InChI=1S/C16H30N2O4S/c1-12(2)11-23(21,22)9-6-14(19)17-7-8-18(5)15(20)13-10-16(13,3)4/h12-13H,6-11H2,1-5H3,(H,17,19)/t13-/m1/s1. The molecule has 1 atom stereocenters. The van der Waals surface area contributed by atoms with E-state index in [1.165, 1.54) is 0 Å². The molecular weight excluding hydrogens is 316 g/mol. The third-order valence-corrected chi connectivity index (χ3v) is 6.19. The number of sulfone groups is 1. The average Bonchev–Trinajstić information content (AvgIpc) is 3.03. The summed E-state index contributed by atoms with van der Waals surface area (Å²) in [4.78, 5) is 25.4. The molecule has 1 N–H and O–H groups in total. The van der Waals surface area contributed by atoms with E-state index in [0.29, 0.717) is 13.1 Å². The Kier molecular flexibility index (Phi) is 6.62. The predicted molar refractivity (Wildman–Crippen MR) is 90.6 cm³/mol. The van der Waals surface area contributed by atoms with Crippen molar-refractivity contribution in [1.29, 1.82) is 0 Å². The van der Waals surface area contributed by atoms with Crippen LogP contribution in [0.4, 0.5) is 0 Å². The monoisotopic (exact) mass is 346 g/mol. The molecule has 6 nitrogen and oxygen atoms in total. The molecule has 1 aliphatic rings. The minimum Gasteiger partial charge on any atom is -0.354 e. The number of amides is 2. The van der Waals surface area contributed by atoms with Crippen LogP contribution in [0.5, 0.6) is 0 Å². The molecule has 1 saturated carbocycles. The zero-order valence-electron chi connectivity index (χ0n) is 14.9. The molecule has 1 fully saturated rings. The maximum absolute atomic E-state index is 12.1. The Morgan fingerprint density at radius 1 is 1.30 bits per heavy atom. The number of carbonyl (C=O) groups excluding carboxylic acids is 2. The van der Waals surface area contributed by atoms with Gasteiger partial charge in [-0.25, -0.2) is 8.42 Å². The van der Waals surface area contributed by atoms with E-state index < -0.39 is 9.84 Å². The van der Waals surface area contributed by atoms with E-state index in [0.717, 1.165) is 6.42 Å². The van der Waals surface area contributed by atoms with E-state index >= 15 is 0 Å². The molecule has 1 aliphatic carbocycles. The third-order valence-electron chi connectivity index (χ3n) is 4.18. The summed E-state index contributed by atoms with van der Waals surface area (Å²) in [5.74, 6) is -0.0380. The van der Waals surface area contributed by atoms with Crippen molar-refractivity contribution in [3.05, 3.63) is 0 Å². The van der Waals surface area contributed by atoms with Crippen molar-refractivity contribution in [2.75, 3.05) is 31.6 Å². The SMILES string of the molecule is CC(C)CS(=O)(=O)CCC(=O)NCCN(C)C(=O)[C@H]1CC1(C)C. The molecular formula is C16H30N2O4S. The van der Waals surface area contributed by atoms with Crippen molar-refractivity contribution in [1.82, 2.24) is 10.2 Å². The van der Waals surface area contributed by atoms with E-state index in [1.807, 2.05) is 13.8 Å². The van der Waals surface area contributed by atoms with Gasteiger partial charge >= 0.3 is 0 Å². The molecule has 0 bridgehead atoms. The molecule has 0 aromatic heterocycles. The molecule has 2 amide bonds. The number of rotatable bonds is 9. The van der Waals surface area contributed by atoms with E-state index in [4.69, 9.17) is 0 Å². The van der Waals surface area contributed by atoms with Crippen LogP contribution in [0, 0.1) is 17.3 Å². The first-order chi connectivity index (χ1) is 10.4. The van der Waals surface area contributed by atoms with Crippen LogP contribution in [-0.2, 0) is 19.4 Å². The van der Waals surface area contributed by atoms with Crippen molar-refractivity contribution >= 4 is 21.7 Å². The topological polar surface area (TPSA) is 83.6 Å². The fourth-order valence-corrected chi connectivity index (χ4v) is 4.23. The number of carbonyl (C=O) groups is 2. The molecule has 0 spiro atoms. The highest BCUT2D eigenvalue weighted by molar-refractivity contribution is 7.91. The quantitative estimate of drug-likeness (QED) is 0.677. The van der Waals surface area contributed by atoms with E-state index in [9.17, 15) is 18.0 Å². The molecule has 7 heteroatoms. The Bertz CT molecular complexity index is 540. The minimum absolute atomic E-state index is 0.0254. The lowest BCUT2D eigenvalue weighted by Gasteiger charge is -2.18. The maximum Gasteiger partial charge on any atom is 0.226 e. The molecule has 0 radical (unpaired) electrons. The summed E-state index contributed by atoms with van der Waals surface area (Å²) in [6.07, 6.45) is 0.888. The van der Waals surface area contributed by atoms with Crippen molar-refractivity contribution in [2.45, 2.75) is 40.5 Å². The lowest BCUT2D eigenvalue weighted by Crippen LogP contribution is -2.37. The first kappa shape index (κ1) is 19.9. The summed E-state index contributed by atoms with van der Waals surface area (Å²) in [7, 11) is -1.44. The van der Waals surface area contributed by atoms with Gasteiger partial charge in [0, 0.05) is 32.5 Å². The van der Waals surface area contributed by atoms with Crippen molar-refractivity contribution < 1.29 is 18.0 Å². The molecule has 0 saturated heterocycles. The summed E-state index contributed by atoms with van der Waals surface area (Å²) in [5, 5.41) is 2.68. The van der Waals surface area contributed by atoms with Gasteiger partial charge in [-0.3, -0.25) is 9.59 Å². The van der Waals surface area contributed by atoms with Crippen LogP contribution in [0.2, 0.25) is 0 Å². The van der Waals surface area contributed by atoms with Gasteiger partial charge in [0.05, 0.1) is 11.5 Å². The second-order valence-electron chi connectivity index (χ2n) is 7.61. The third kappa shape index (κ3) is 6.89. The molecule has 23 heavy (non-hydrogen) atoms. The average molecular weight is 346 g/mol. The van der Waals surface area contributed by atoms with E-state index in [2.05, 4.69) is 19.2 Å². The highest BCUT2D eigenvalue weighted by Gasteiger charge is 2.51. The van der Waals surface area contributed by atoms with Gasteiger partial charge in [-0.1, -0.05) is 27.7 Å². The van der Waals surface area contributed by atoms with Crippen LogP contribution in [0.25, 0.3) is 0 Å². The lowest BCUT2D eigenvalue weighted by atomic mass is 10.1. The Labute approximate surface area is 139 Å². The van der Waals surface area contributed by atoms with Crippen LogP contribution in [0.3, 0.4) is 0 Å². The lowest BCUT2D eigenvalue weighted by molar-refractivity contribution is -0.132. The van der Waals surface area contributed by atoms with Gasteiger partial charge in [-0.05, 0) is 17.8 Å². The van der Waals surface area contributed by atoms with Crippen molar-refractivity contribution in [3.8, 4) is 0 Å². The van der Waals surface area contributed by atoms with Gasteiger partial charge in [-0.15, -0.1) is 0 Å².